The van der Waals surface area contributed by atoms with E-state index in [-0.39, 0.29) is 48.3 Å². The van der Waals surface area contributed by atoms with Crippen molar-refractivity contribution in [2.45, 2.75) is 77.5 Å². The van der Waals surface area contributed by atoms with E-state index in [1.165, 1.54) is 0 Å². The highest BCUT2D eigenvalue weighted by atomic mass is 31.2. The van der Waals surface area contributed by atoms with Crippen molar-refractivity contribution in [3.63, 3.8) is 0 Å². The molecule has 240 valence electrons. The minimum absolute atomic E-state index is 0.0548. The minimum Gasteiger partial charge on any atom is -0.370 e. The van der Waals surface area contributed by atoms with Gasteiger partial charge in [-0.25, -0.2) is 0 Å². The third-order valence-electron chi connectivity index (χ3n) is 9.34. The van der Waals surface area contributed by atoms with Gasteiger partial charge < -0.3 is 25.8 Å². The number of fused-ring (bicyclic) bond motifs is 1. The van der Waals surface area contributed by atoms with E-state index in [1.54, 1.807) is 29.2 Å². The SMILES string of the molecule is CC(C)[C@H](C)[C@H](CCC(N)=O)NC(=O)[C@@H]1Cc2cccc3c2N1C(=O)[C@@H](CC(=O)c1cc2cc(CP(=O)(O)O)ccc2[nH]1)CC3. The van der Waals surface area contributed by atoms with E-state index in [0.717, 1.165) is 16.8 Å². The number of aryl methyl sites for hydroxylation is 1. The Kier molecular flexibility index (Phi) is 9.35. The molecule has 6 N–H and O–H groups in total. The Morgan fingerprint density at radius 3 is 2.53 bits per heavy atom. The topological polar surface area (TPSA) is 183 Å². The number of nitrogens with two attached hydrogens (primary N) is 1. The average molecular weight is 637 g/mol. The highest BCUT2D eigenvalue weighted by Crippen LogP contribution is 2.42. The van der Waals surface area contributed by atoms with Crippen molar-refractivity contribution in [2.24, 2.45) is 23.5 Å². The van der Waals surface area contributed by atoms with E-state index in [4.69, 9.17) is 5.73 Å². The lowest BCUT2D eigenvalue weighted by Crippen LogP contribution is -2.53. The number of ketones is 1. The molecule has 1 aromatic heterocycles. The number of H-pyrrole nitrogens is 1. The first kappa shape index (κ1) is 32.6. The van der Waals surface area contributed by atoms with Crippen LogP contribution in [0.15, 0.2) is 42.5 Å². The summed E-state index contributed by atoms with van der Waals surface area (Å²) in [5.74, 6) is -1.59. The standard InChI is InChI=1S/C33H41N4O7P/c1-18(2)19(3)25(11-12-30(34)39)36-32(40)28-15-22-6-4-5-21-8-9-23(33(41)37(28)31(21)22)16-29(38)27-14-24-13-20(17-45(42,43)44)7-10-26(24)35-27/h4-7,10,13-14,18-19,23,25,28,35H,8-9,11-12,15-17H2,1-3H3,(H2,34,39)(H,36,40)(H2,42,43,44)/t19-,23+,25-,28-/m0/s1. The molecule has 3 aromatic rings. The predicted molar refractivity (Wildman–Crippen MR) is 171 cm³/mol. The number of para-hydroxylation sites is 1. The maximum Gasteiger partial charge on any atom is 0.329 e. The van der Waals surface area contributed by atoms with Gasteiger partial charge in [-0.15, -0.1) is 0 Å². The summed E-state index contributed by atoms with van der Waals surface area (Å²) in [7, 11) is -4.25. The Hall–Kier alpha value is -3.79. The smallest absolute Gasteiger partial charge is 0.329 e. The van der Waals surface area contributed by atoms with Crippen LogP contribution in [0.25, 0.3) is 10.9 Å². The van der Waals surface area contributed by atoms with Crippen LogP contribution < -0.4 is 16.0 Å². The summed E-state index contributed by atoms with van der Waals surface area (Å²) >= 11 is 0. The molecule has 0 spiro atoms. The molecule has 45 heavy (non-hydrogen) atoms. The van der Waals surface area contributed by atoms with Crippen LogP contribution in [0.2, 0.25) is 0 Å². The molecule has 0 unspecified atom stereocenters. The number of primary amides is 1. The summed E-state index contributed by atoms with van der Waals surface area (Å²) in [5.41, 5.74) is 9.47. The van der Waals surface area contributed by atoms with E-state index in [0.29, 0.717) is 47.8 Å². The zero-order chi connectivity index (χ0) is 32.6. The van der Waals surface area contributed by atoms with E-state index in [9.17, 15) is 33.5 Å². The molecule has 0 fully saturated rings. The third-order valence-corrected chi connectivity index (χ3v) is 10.1. The monoisotopic (exact) mass is 636 g/mol. The minimum atomic E-state index is -4.25. The van der Waals surface area contributed by atoms with Gasteiger partial charge in [0.2, 0.25) is 17.7 Å². The molecule has 11 nitrogen and oxygen atoms in total. The van der Waals surface area contributed by atoms with Crippen molar-refractivity contribution < 1.29 is 33.5 Å². The Morgan fingerprint density at radius 1 is 1.11 bits per heavy atom. The number of hydrogen-bond acceptors (Lipinski definition) is 5. The fourth-order valence-corrected chi connectivity index (χ4v) is 7.27. The molecule has 3 amide bonds. The quantitative estimate of drug-likeness (QED) is 0.147. The number of carbonyl (C=O) groups excluding carboxylic acids is 4. The van der Waals surface area contributed by atoms with Crippen LogP contribution in [0.3, 0.4) is 0 Å². The van der Waals surface area contributed by atoms with Gasteiger partial charge in [-0.3, -0.25) is 28.6 Å². The molecule has 2 aromatic carbocycles. The van der Waals surface area contributed by atoms with Gasteiger partial charge in [0.25, 0.3) is 0 Å². The number of nitrogens with zero attached hydrogens (tertiary/aromatic N) is 1. The average Bonchev–Trinajstić information content (AvgIpc) is 3.54. The summed E-state index contributed by atoms with van der Waals surface area (Å²) < 4.78 is 11.4. The predicted octanol–water partition coefficient (Wildman–Crippen LogP) is 3.98. The first-order valence-corrected chi connectivity index (χ1v) is 17.2. The third kappa shape index (κ3) is 7.21. The molecular weight excluding hydrogens is 595 g/mol. The first-order chi connectivity index (χ1) is 21.2. The second-order valence-electron chi connectivity index (χ2n) is 12.9. The number of rotatable bonds is 12. The molecule has 4 atom stereocenters. The van der Waals surface area contributed by atoms with Crippen molar-refractivity contribution in [2.75, 3.05) is 4.90 Å². The number of aromatic nitrogens is 1. The first-order valence-electron chi connectivity index (χ1n) is 15.4. The van der Waals surface area contributed by atoms with Crippen molar-refractivity contribution in [3.8, 4) is 0 Å². The van der Waals surface area contributed by atoms with E-state index in [2.05, 4.69) is 24.1 Å². The molecule has 0 bridgehead atoms. The van der Waals surface area contributed by atoms with Crippen LogP contribution in [-0.2, 0) is 38.0 Å². The molecule has 0 aliphatic carbocycles. The van der Waals surface area contributed by atoms with Crippen LogP contribution in [0.5, 0.6) is 0 Å². The zero-order valence-corrected chi connectivity index (χ0v) is 26.7. The molecule has 5 rings (SSSR count). The molecule has 12 heteroatoms. The highest BCUT2D eigenvalue weighted by molar-refractivity contribution is 7.50. The van der Waals surface area contributed by atoms with Crippen LogP contribution in [0.1, 0.15) is 73.6 Å². The summed E-state index contributed by atoms with van der Waals surface area (Å²) in [4.78, 5) is 76.5. The summed E-state index contributed by atoms with van der Waals surface area (Å²) in [6.45, 7) is 6.14. The molecule has 2 aliphatic rings. The zero-order valence-electron chi connectivity index (χ0n) is 25.8. The van der Waals surface area contributed by atoms with Crippen molar-refractivity contribution in [1.82, 2.24) is 10.3 Å². The van der Waals surface area contributed by atoms with Crippen molar-refractivity contribution in [1.29, 1.82) is 0 Å². The van der Waals surface area contributed by atoms with Gasteiger partial charge in [0.15, 0.2) is 5.78 Å². The van der Waals surface area contributed by atoms with Gasteiger partial charge in [-0.05, 0) is 66.0 Å². The number of nitrogens with one attached hydrogen (secondary N) is 2. The number of carbonyl (C=O) groups is 4. The summed E-state index contributed by atoms with van der Waals surface area (Å²) in [5, 5.41) is 3.78. The van der Waals surface area contributed by atoms with Gasteiger partial charge in [0.05, 0.1) is 17.5 Å². The van der Waals surface area contributed by atoms with Gasteiger partial charge in [-0.1, -0.05) is 45.0 Å². The van der Waals surface area contributed by atoms with E-state index < -0.39 is 31.6 Å². The Morgan fingerprint density at radius 2 is 1.84 bits per heavy atom. The molecule has 0 saturated heterocycles. The van der Waals surface area contributed by atoms with Crippen LogP contribution in [0.4, 0.5) is 5.69 Å². The Bertz CT molecular complexity index is 1690. The largest absolute Gasteiger partial charge is 0.370 e. The normalized spacial score (nSPS) is 19.3. The number of Topliss-reactive ketones (excluding diaryl/α,β-unsaturated/α-hetero) is 1. The molecule has 3 heterocycles. The van der Waals surface area contributed by atoms with Crippen LogP contribution in [-0.4, -0.2) is 50.4 Å². The van der Waals surface area contributed by atoms with Crippen LogP contribution in [0, 0.1) is 17.8 Å². The second-order valence-corrected chi connectivity index (χ2v) is 14.5. The van der Waals surface area contributed by atoms with Gasteiger partial charge in [0, 0.05) is 42.1 Å². The lowest BCUT2D eigenvalue weighted by molar-refractivity contribution is -0.128. The van der Waals surface area contributed by atoms with Gasteiger partial charge in [-0.2, -0.15) is 0 Å². The molecule has 0 radical (unpaired) electrons. The Labute approximate surface area is 262 Å². The maximum absolute atomic E-state index is 14.2. The van der Waals surface area contributed by atoms with Gasteiger partial charge >= 0.3 is 7.60 Å². The van der Waals surface area contributed by atoms with E-state index in [1.807, 2.05) is 25.1 Å². The highest BCUT2D eigenvalue weighted by Gasteiger charge is 2.44. The Balaban J connectivity index is 1.37. The van der Waals surface area contributed by atoms with Crippen molar-refractivity contribution in [3.05, 3.63) is 64.8 Å². The fourth-order valence-electron chi connectivity index (χ4n) is 6.60. The van der Waals surface area contributed by atoms with Crippen molar-refractivity contribution >= 4 is 47.7 Å². The number of aromatic amines is 1. The lowest BCUT2D eigenvalue weighted by Gasteiger charge is -2.32. The van der Waals surface area contributed by atoms with Gasteiger partial charge in [0.1, 0.15) is 6.04 Å². The molecule has 0 saturated carbocycles. The number of hydrogen-bond donors (Lipinski definition) is 5. The van der Waals surface area contributed by atoms with E-state index >= 15 is 0 Å². The van der Waals surface area contributed by atoms with Crippen LogP contribution >= 0.6 is 7.60 Å². The lowest BCUT2D eigenvalue weighted by atomic mass is 9.87. The fraction of sp³-hybridized carbons (Fsp3) is 0.455. The number of amides is 3. The number of benzene rings is 2. The molecule has 2 aliphatic heterocycles. The second kappa shape index (κ2) is 12.9. The maximum atomic E-state index is 14.2. The molecular formula is C33H41N4O7P. The summed E-state index contributed by atoms with van der Waals surface area (Å²) in [6.07, 6.45) is 1.49. The summed E-state index contributed by atoms with van der Waals surface area (Å²) in [6, 6.07) is 11.3. The number of anilines is 1.